The van der Waals surface area contributed by atoms with Gasteiger partial charge in [0.25, 0.3) is 0 Å². The van der Waals surface area contributed by atoms with Gasteiger partial charge in [-0.3, -0.25) is 0 Å². The van der Waals surface area contributed by atoms with Gasteiger partial charge in [0.2, 0.25) is 0 Å². The molecule has 7 heteroatoms. The van der Waals surface area contributed by atoms with Crippen LogP contribution < -0.4 is 5.73 Å². The van der Waals surface area contributed by atoms with E-state index in [1.165, 1.54) is 18.1 Å². The summed E-state index contributed by atoms with van der Waals surface area (Å²) in [4.78, 5) is 12.8. The van der Waals surface area contributed by atoms with Gasteiger partial charge in [-0.15, -0.1) is 0 Å². The second kappa shape index (κ2) is 4.70. The third-order valence-electron chi connectivity index (χ3n) is 2.12. The van der Waals surface area contributed by atoms with Crippen molar-refractivity contribution in [3.63, 3.8) is 0 Å². The first-order valence-electron chi connectivity index (χ1n) is 5.22. The molecule has 0 atom stereocenters. The zero-order valence-electron chi connectivity index (χ0n) is 9.95. The molecule has 2 aromatic heterocycles. The molecule has 0 amide bonds. The van der Waals surface area contributed by atoms with Crippen molar-refractivity contribution in [2.75, 3.05) is 5.73 Å². The Morgan fingerprint density at radius 2 is 2.12 bits per heavy atom. The van der Waals surface area contributed by atoms with Gasteiger partial charge >= 0.3 is 0 Å². The monoisotopic (exact) mass is 250 g/mol. The largest absolute Gasteiger partial charge is 0.384 e. The number of nitrogen functional groups attached to an aromatic ring is 1. The van der Waals surface area contributed by atoms with Crippen molar-refractivity contribution in [2.45, 2.75) is 29.9 Å². The molecular formula is C10H14N6S. The molecule has 0 aliphatic carbocycles. The number of aryl methyl sites for hydroxylation is 1. The van der Waals surface area contributed by atoms with Crippen LogP contribution in [0.5, 0.6) is 0 Å². The molecule has 6 nitrogen and oxygen atoms in total. The summed E-state index contributed by atoms with van der Waals surface area (Å²) < 4.78 is 1.69. The standard InChI is InChI=1S/C10H14N6S/c1-6(2)9-14-7(11)4-8(15-9)17-10-12-5-13-16(10)3/h4-6H,1-3H3,(H2,11,14,15). The van der Waals surface area contributed by atoms with Gasteiger partial charge < -0.3 is 5.73 Å². The van der Waals surface area contributed by atoms with Gasteiger partial charge in [-0.25, -0.2) is 19.6 Å². The fourth-order valence-electron chi connectivity index (χ4n) is 1.24. The summed E-state index contributed by atoms with van der Waals surface area (Å²) in [7, 11) is 1.84. The Hall–Kier alpha value is -1.63. The van der Waals surface area contributed by atoms with Crippen LogP contribution in [0.1, 0.15) is 25.6 Å². The van der Waals surface area contributed by atoms with E-state index >= 15 is 0 Å². The molecule has 0 aromatic carbocycles. The fourth-order valence-corrected chi connectivity index (χ4v) is 2.03. The second-order valence-corrected chi connectivity index (χ2v) is 4.90. The van der Waals surface area contributed by atoms with Crippen molar-refractivity contribution in [2.24, 2.45) is 7.05 Å². The maximum Gasteiger partial charge on any atom is 0.192 e. The molecule has 90 valence electrons. The first-order chi connectivity index (χ1) is 8.06. The lowest BCUT2D eigenvalue weighted by Crippen LogP contribution is -2.03. The van der Waals surface area contributed by atoms with E-state index in [1.54, 1.807) is 10.7 Å². The van der Waals surface area contributed by atoms with Gasteiger partial charge in [0.1, 0.15) is 23.0 Å². The van der Waals surface area contributed by atoms with Crippen molar-refractivity contribution in [1.29, 1.82) is 0 Å². The Bertz CT molecular complexity index is 521. The summed E-state index contributed by atoms with van der Waals surface area (Å²) in [6.07, 6.45) is 1.51. The van der Waals surface area contributed by atoms with Gasteiger partial charge in [0, 0.05) is 19.0 Å². The molecule has 0 bridgehead atoms. The van der Waals surface area contributed by atoms with E-state index in [0.717, 1.165) is 16.0 Å². The van der Waals surface area contributed by atoms with Gasteiger partial charge in [0.05, 0.1) is 0 Å². The molecule has 0 saturated heterocycles. The SMILES string of the molecule is CC(C)c1nc(N)cc(Sc2ncnn2C)n1. The lowest BCUT2D eigenvalue weighted by Gasteiger charge is -2.07. The molecule has 0 unspecified atom stereocenters. The summed E-state index contributed by atoms with van der Waals surface area (Å²) in [5.41, 5.74) is 5.76. The number of hydrogen-bond acceptors (Lipinski definition) is 6. The van der Waals surface area contributed by atoms with Crippen LogP contribution in [0.2, 0.25) is 0 Å². The molecule has 17 heavy (non-hydrogen) atoms. The number of hydrogen-bond donors (Lipinski definition) is 1. The minimum Gasteiger partial charge on any atom is -0.384 e. The Morgan fingerprint density at radius 1 is 1.35 bits per heavy atom. The number of nitrogens with two attached hydrogens (primary N) is 1. The third kappa shape index (κ3) is 2.73. The van der Waals surface area contributed by atoms with Crippen LogP contribution >= 0.6 is 11.8 Å². The van der Waals surface area contributed by atoms with Crippen LogP contribution in [0.25, 0.3) is 0 Å². The first kappa shape index (κ1) is 11.8. The average molecular weight is 250 g/mol. The zero-order chi connectivity index (χ0) is 12.4. The zero-order valence-corrected chi connectivity index (χ0v) is 10.8. The number of rotatable bonds is 3. The second-order valence-electron chi connectivity index (χ2n) is 3.91. The lowest BCUT2D eigenvalue weighted by molar-refractivity contribution is 0.683. The van der Waals surface area contributed by atoms with Crippen molar-refractivity contribution in [1.82, 2.24) is 24.7 Å². The minimum atomic E-state index is 0.248. The molecule has 0 radical (unpaired) electrons. The minimum absolute atomic E-state index is 0.248. The molecule has 0 spiro atoms. The van der Waals surface area contributed by atoms with E-state index in [4.69, 9.17) is 5.73 Å². The molecule has 0 saturated carbocycles. The summed E-state index contributed by atoms with van der Waals surface area (Å²) in [6, 6.07) is 1.74. The predicted octanol–water partition coefficient (Wildman–Crippen LogP) is 1.46. The summed E-state index contributed by atoms with van der Waals surface area (Å²) in [5, 5.41) is 5.57. The number of nitrogens with zero attached hydrogens (tertiary/aromatic N) is 5. The van der Waals surface area contributed by atoms with Crippen LogP contribution in [0.4, 0.5) is 5.82 Å². The average Bonchev–Trinajstić information content (AvgIpc) is 2.63. The van der Waals surface area contributed by atoms with Gasteiger partial charge in [-0.05, 0) is 11.8 Å². The maximum atomic E-state index is 5.76. The van der Waals surface area contributed by atoms with Crippen LogP contribution in [-0.2, 0) is 7.05 Å². The Balaban J connectivity index is 2.30. The highest BCUT2D eigenvalue weighted by Gasteiger charge is 2.10. The van der Waals surface area contributed by atoms with E-state index in [2.05, 4.69) is 20.1 Å². The smallest absolute Gasteiger partial charge is 0.192 e. The number of anilines is 1. The topological polar surface area (TPSA) is 82.5 Å². The number of aromatic nitrogens is 5. The van der Waals surface area contributed by atoms with E-state index in [-0.39, 0.29) is 5.92 Å². The Kier molecular flexibility index (Phi) is 3.28. The normalized spacial score (nSPS) is 11.1. The molecule has 2 aromatic rings. The Labute approximate surface area is 104 Å². The van der Waals surface area contributed by atoms with E-state index in [1.807, 2.05) is 20.9 Å². The fraction of sp³-hybridized carbons (Fsp3) is 0.400. The van der Waals surface area contributed by atoms with Crippen molar-refractivity contribution < 1.29 is 0 Å². The van der Waals surface area contributed by atoms with Crippen molar-refractivity contribution in [3.8, 4) is 0 Å². The molecule has 2 rings (SSSR count). The molecule has 2 heterocycles. The Morgan fingerprint density at radius 3 is 2.71 bits per heavy atom. The van der Waals surface area contributed by atoms with Gasteiger partial charge in [-0.2, -0.15) is 5.10 Å². The summed E-state index contributed by atoms with van der Waals surface area (Å²) in [6.45, 7) is 4.07. The maximum absolute atomic E-state index is 5.76. The van der Waals surface area contributed by atoms with Gasteiger partial charge in [0.15, 0.2) is 5.16 Å². The van der Waals surface area contributed by atoms with Crippen molar-refractivity contribution >= 4 is 17.6 Å². The van der Waals surface area contributed by atoms with Crippen LogP contribution in [0.15, 0.2) is 22.6 Å². The first-order valence-corrected chi connectivity index (χ1v) is 6.04. The molecule has 2 N–H and O–H groups in total. The van der Waals surface area contributed by atoms with Crippen molar-refractivity contribution in [3.05, 3.63) is 18.2 Å². The highest BCUT2D eigenvalue weighted by molar-refractivity contribution is 7.99. The van der Waals surface area contributed by atoms with E-state index < -0.39 is 0 Å². The van der Waals surface area contributed by atoms with E-state index in [0.29, 0.717) is 5.82 Å². The summed E-state index contributed by atoms with van der Waals surface area (Å²) in [5.74, 6) is 1.47. The molecule has 0 aliphatic heterocycles. The predicted molar refractivity (Wildman–Crippen MR) is 65.7 cm³/mol. The highest BCUT2D eigenvalue weighted by atomic mass is 32.2. The highest BCUT2D eigenvalue weighted by Crippen LogP contribution is 2.25. The van der Waals surface area contributed by atoms with Gasteiger partial charge in [-0.1, -0.05) is 13.8 Å². The lowest BCUT2D eigenvalue weighted by atomic mass is 10.2. The molecule has 0 aliphatic rings. The summed E-state index contributed by atoms with van der Waals surface area (Å²) >= 11 is 1.42. The van der Waals surface area contributed by atoms with E-state index in [9.17, 15) is 0 Å². The van der Waals surface area contributed by atoms with Crippen LogP contribution in [-0.4, -0.2) is 24.7 Å². The third-order valence-corrected chi connectivity index (χ3v) is 3.09. The van der Waals surface area contributed by atoms with Crippen LogP contribution in [0.3, 0.4) is 0 Å². The van der Waals surface area contributed by atoms with Crippen LogP contribution in [0, 0.1) is 0 Å². The molecule has 0 fully saturated rings. The quantitative estimate of drug-likeness (QED) is 0.830. The molecular weight excluding hydrogens is 236 g/mol.